The molecule has 0 saturated heterocycles. The molecule has 0 atom stereocenters. The molecule has 0 fully saturated rings. The molecule has 0 saturated carbocycles. The number of benzene rings is 1. The summed E-state index contributed by atoms with van der Waals surface area (Å²) in [6, 6.07) is 6.76. The molecule has 0 unspecified atom stereocenters. The van der Waals surface area contributed by atoms with Crippen molar-refractivity contribution >= 4 is 21.4 Å². The number of nitriles is 1. The van der Waals surface area contributed by atoms with Crippen molar-refractivity contribution in [2.45, 2.75) is 0 Å². The molecule has 2 aromatic rings. The minimum absolute atomic E-state index is 0.0426. The maximum absolute atomic E-state index is 9.39. The molecule has 2 rings (SSSR count). The third-order valence-electron chi connectivity index (χ3n) is 1.79. The predicted molar refractivity (Wildman–Crippen MR) is 49.9 cm³/mol. The fraction of sp³-hybridized carbons (Fsp3) is 0. The lowest BCUT2D eigenvalue weighted by Gasteiger charge is -1.91. The third-order valence-corrected chi connectivity index (χ3v) is 2.82. The quantitative estimate of drug-likeness (QED) is 0.670. The molecule has 0 amide bonds. The van der Waals surface area contributed by atoms with E-state index in [1.807, 2.05) is 6.07 Å². The van der Waals surface area contributed by atoms with E-state index in [1.165, 1.54) is 6.07 Å². The van der Waals surface area contributed by atoms with Gasteiger partial charge in [-0.1, -0.05) is 23.5 Å². The predicted octanol–water partition coefficient (Wildman–Crippen LogP) is 2.18. The summed E-state index contributed by atoms with van der Waals surface area (Å²) in [5.41, 5.74) is 0.232. The molecule has 64 valence electrons. The summed E-state index contributed by atoms with van der Waals surface area (Å²) >= 11 is 1.01. The van der Waals surface area contributed by atoms with Gasteiger partial charge in [-0.25, -0.2) is 0 Å². The van der Waals surface area contributed by atoms with Gasteiger partial charge in [0.05, 0.1) is 4.70 Å². The van der Waals surface area contributed by atoms with E-state index in [0.29, 0.717) is 10.1 Å². The minimum atomic E-state index is -0.0426. The van der Waals surface area contributed by atoms with Crippen molar-refractivity contribution in [1.82, 2.24) is 0 Å². The lowest BCUT2D eigenvalue weighted by atomic mass is 10.2. The van der Waals surface area contributed by atoms with Gasteiger partial charge in [0, 0.05) is 5.39 Å². The highest BCUT2D eigenvalue weighted by molar-refractivity contribution is 7.21. The third kappa shape index (κ3) is 1.02. The molecular weight excluding hydrogens is 186 g/mol. The molecule has 0 bridgehead atoms. The van der Waals surface area contributed by atoms with E-state index < -0.39 is 0 Å². The van der Waals surface area contributed by atoms with Crippen molar-refractivity contribution in [3.63, 3.8) is 0 Å². The summed E-state index contributed by atoms with van der Waals surface area (Å²) in [6.07, 6.45) is 0. The van der Waals surface area contributed by atoms with Crippen LogP contribution in [0, 0.1) is 11.3 Å². The van der Waals surface area contributed by atoms with E-state index in [2.05, 4.69) is 0 Å². The van der Waals surface area contributed by atoms with Crippen LogP contribution in [0.25, 0.3) is 10.1 Å². The van der Waals surface area contributed by atoms with Crippen LogP contribution in [0.2, 0.25) is 0 Å². The highest BCUT2D eigenvalue weighted by atomic mass is 32.1. The topological polar surface area (TPSA) is 64.2 Å². The zero-order valence-corrected chi connectivity index (χ0v) is 7.30. The number of hydrogen-bond donors (Lipinski definition) is 2. The van der Waals surface area contributed by atoms with Crippen LogP contribution in [-0.2, 0) is 0 Å². The summed E-state index contributed by atoms with van der Waals surface area (Å²) in [5.74, 6) is 0.0966. The van der Waals surface area contributed by atoms with Crippen molar-refractivity contribution in [1.29, 1.82) is 5.26 Å². The number of aromatic hydroxyl groups is 2. The first kappa shape index (κ1) is 7.90. The van der Waals surface area contributed by atoms with Crippen LogP contribution >= 0.6 is 11.3 Å². The molecule has 1 aromatic heterocycles. The second-order valence-corrected chi connectivity index (χ2v) is 3.55. The highest BCUT2D eigenvalue weighted by Gasteiger charge is 2.12. The van der Waals surface area contributed by atoms with Crippen LogP contribution in [0.3, 0.4) is 0 Å². The fourth-order valence-corrected chi connectivity index (χ4v) is 2.10. The second-order valence-electron chi connectivity index (χ2n) is 2.55. The lowest BCUT2D eigenvalue weighted by Crippen LogP contribution is -1.70. The van der Waals surface area contributed by atoms with Gasteiger partial charge >= 0.3 is 0 Å². The van der Waals surface area contributed by atoms with Crippen LogP contribution in [0.15, 0.2) is 18.2 Å². The smallest absolute Gasteiger partial charge is 0.190 e. The van der Waals surface area contributed by atoms with Gasteiger partial charge in [-0.05, 0) is 6.07 Å². The van der Waals surface area contributed by atoms with Crippen LogP contribution in [0.4, 0.5) is 0 Å². The van der Waals surface area contributed by atoms with Crippen molar-refractivity contribution < 1.29 is 10.2 Å². The van der Waals surface area contributed by atoms with Gasteiger partial charge in [0.25, 0.3) is 0 Å². The van der Waals surface area contributed by atoms with E-state index in [9.17, 15) is 10.2 Å². The van der Waals surface area contributed by atoms with Crippen LogP contribution < -0.4 is 0 Å². The van der Waals surface area contributed by atoms with Gasteiger partial charge < -0.3 is 10.2 Å². The SMILES string of the molecule is N#Cc1c(O)sc2c(O)cccc12. The number of hydrogen-bond acceptors (Lipinski definition) is 4. The first-order valence-corrected chi connectivity index (χ1v) is 4.39. The molecule has 0 aliphatic carbocycles. The molecule has 2 N–H and O–H groups in total. The van der Waals surface area contributed by atoms with E-state index in [-0.39, 0.29) is 16.4 Å². The Morgan fingerprint density at radius 1 is 1.31 bits per heavy atom. The van der Waals surface area contributed by atoms with Crippen LogP contribution in [0.1, 0.15) is 5.56 Å². The summed E-state index contributed by atoms with van der Waals surface area (Å²) in [4.78, 5) is 0. The molecule has 0 aliphatic heterocycles. The Bertz CT molecular complexity index is 510. The Morgan fingerprint density at radius 2 is 2.08 bits per heavy atom. The van der Waals surface area contributed by atoms with E-state index in [1.54, 1.807) is 12.1 Å². The maximum Gasteiger partial charge on any atom is 0.190 e. The number of rotatable bonds is 0. The van der Waals surface area contributed by atoms with Crippen molar-refractivity contribution in [2.24, 2.45) is 0 Å². The monoisotopic (exact) mass is 191 g/mol. The van der Waals surface area contributed by atoms with Crippen molar-refractivity contribution in [3.05, 3.63) is 23.8 Å². The van der Waals surface area contributed by atoms with Crippen LogP contribution in [0.5, 0.6) is 10.8 Å². The molecule has 1 heterocycles. The highest BCUT2D eigenvalue weighted by Crippen LogP contribution is 2.40. The Kier molecular flexibility index (Phi) is 1.61. The second kappa shape index (κ2) is 2.64. The van der Waals surface area contributed by atoms with Crippen LogP contribution in [-0.4, -0.2) is 10.2 Å². The fourth-order valence-electron chi connectivity index (χ4n) is 1.20. The van der Waals surface area contributed by atoms with Gasteiger partial charge in [-0.2, -0.15) is 5.26 Å². The van der Waals surface area contributed by atoms with E-state index in [0.717, 1.165) is 11.3 Å². The van der Waals surface area contributed by atoms with E-state index in [4.69, 9.17) is 5.26 Å². The Labute approximate surface area is 78.1 Å². The van der Waals surface area contributed by atoms with Gasteiger partial charge in [-0.3, -0.25) is 0 Å². The van der Waals surface area contributed by atoms with Crippen molar-refractivity contribution in [3.8, 4) is 16.9 Å². The maximum atomic E-state index is 9.39. The van der Waals surface area contributed by atoms with Gasteiger partial charge in [-0.15, -0.1) is 0 Å². The summed E-state index contributed by atoms with van der Waals surface area (Å²) in [7, 11) is 0. The minimum Gasteiger partial charge on any atom is -0.506 e. The molecule has 3 nitrogen and oxygen atoms in total. The molecule has 4 heteroatoms. The number of thiophene rings is 1. The normalized spacial score (nSPS) is 10.1. The Balaban J connectivity index is 2.96. The van der Waals surface area contributed by atoms with Gasteiger partial charge in [0.2, 0.25) is 0 Å². The number of phenolic OH excluding ortho intramolecular Hbond substituents is 1. The lowest BCUT2D eigenvalue weighted by molar-refractivity contribution is 0.482. The Morgan fingerprint density at radius 3 is 2.77 bits per heavy atom. The first-order valence-electron chi connectivity index (χ1n) is 3.57. The van der Waals surface area contributed by atoms with Crippen molar-refractivity contribution in [2.75, 3.05) is 0 Å². The molecule has 13 heavy (non-hydrogen) atoms. The average molecular weight is 191 g/mol. The molecule has 0 radical (unpaired) electrons. The van der Waals surface area contributed by atoms with E-state index >= 15 is 0 Å². The molecule has 0 aliphatic rings. The number of fused-ring (bicyclic) bond motifs is 1. The largest absolute Gasteiger partial charge is 0.506 e. The molecule has 0 spiro atoms. The standard InChI is InChI=1S/C9H5NO2S/c10-4-6-5-2-1-3-7(11)8(5)13-9(6)12/h1-3,11-12H. The first-order chi connectivity index (χ1) is 6.24. The Hall–Kier alpha value is -1.73. The molecule has 1 aromatic carbocycles. The summed E-state index contributed by atoms with van der Waals surface area (Å²) < 4.78 is 0.552. The average Bonchev–Trinajstić information content (AvgIpc) is 2.43. The zero-order chi connectivity index (χ0) is 9.42. The van der Waals surface area contributed by atoms with Gasteiger partial charge in [0.15, 0.2) is 5.06 Å². The number of phenols is 1. The van der Waals surface area contributed by atoms with Gasteiger partial charge in [0.1, 0.15) is 17.4 Å². The molecular formula is C9H5NO2S. The summed E-state index contributed by atoms with van der Waals surface area (Å²) in [6.45, 7) is 0. The zero-order valence-electron chi connectivity index (χ0n) is 6.48. The number of nitrogens with zero attached hydrogens (tertiary/aromatic N) is 1. The summed E-state index contributed by atoms with van der Waals surface area (Å²) in [5, 5.41) is 28.0.